The Morgan fingerprint density at radius 3 is 2.13 bits per heavy atom. The molecule has 0 aliphatic rings. The Balaban J connectivity index is 4.50. The van der Waals surface area contributed by atoms with Crippen LogP contribution in [0.2, 0.25) is 0 Å². The van der Waals surface area contributed by atoms with Crippen LogP contribution in [0.25, 0.3) is 0 Å². The van der Waals surface area contributed by atoms with Crippen LogP contribution in [-0.4, -0.2) is 0 Å². The third-order valence-electron chi connectivity index (χ3n) is 3.57. The first kappa shape index (κ1) is 14.5. The van der Waals surface area contributed by atoms with Crippen LogP contribution in [0.1, 0.15) is 54.9 Å². The predicted molar refractivity (Wildman–Crippen MR) is 71.0 cm³/mol. The topological polar surface area (TPSA) is 0 Å². The van der Waals surface area contributed by atoms with Crippen LogP contribution in [0.3, 0.4) is 0 Å². The average Bonchev–Trinajstić information content (AvgIpc) is 2.14. The fourth-order valence-electron chi connectivity index (χ4n) is 1.65. The number of hydrogen-bond donors (Lipinski definition) is 0. The Hall–Kier alpha value is -0.520. The summed E-state index contributed by atoms with van der Waals surface area (Å²) in [5.74, 6) is 1.37. The zero-order valence-electron chi connectivity index (χ0n) is 11.6. The van der Waals surface area contributed by atoms with Gasteiger partial charge in [-0.1, -0.05) is 65.3 Å². The normalized spacial score (nSPS) is 18.2. The van der Waals surface area contributed by atoms with Crippen molar-refractivity contribution < 1.29 is 0 Å². The molecule has 15 heavy (non-hydrogen) atoms. The van der Waals surface area contributed by atoms with E-state index in [2.05, 4.69) is 66.7 Å². The second-order valence-corrected chi connectivity index (χ2v) is 5.69. The van der Waals surface area contributed by atoms with Crippen LogP contribution in [0, 0.1) is 17.3 Å². The van der Waals surface area contributed by atoms with E-state index in [9.17, 15) is 0 Å². The summed E-state index contributed by atoms with van der Waals surface area (Å²) in [7, 11) is 0. The lowest BCUT2D eigenvalue weighted by Crippen LogP contribution is -2.24. The van der Waals surface area contributed by atoms with Crippen molar-refractivity contribution in [2.45, 2.75) is 54.9 Å². The van der Waals surface area contributed by atoms with Crippen molar-refractivity contribution in [3.8, 4) is 0 Å². The summed E-state index contributed by atoms with van der Waals surface area (Å²) in [5.41, 5.74) is 1.88. The van der Waals surface area contributed by atoms with Crippen LogP contribution in [-0.2, 0) is 0 Å². The second kappa shape index (κ2) is 6.15. The van der Waals surface area contributed by atoms with E-state index in [-0.39, 0.29) is 0 Å². The van der Waals surface area contributed by atoms with Crippen LogP contribution in [0.5, 0.6) is 0 Å². The minimum Gasteiger partial charge on any atom is -0.0848 e. The zero-order valence-corrected chi connectivity index (χ0v) is 11.6. The van der Waals surface area contributed by atoms with E-state index >= 15 is 0 Å². The van der Waals surface area contributed by atoms with Crippen molar-refractivity contribution in [1.82, 2.24) is 0 Å². The van der Waals surface area contributed by atoms with Crippen molar-refractivity contribution in [1.29, 1.82) is 0 Å². The maximum Gasteiger partial charge on any atom is -0.0201 e. The third kappa shape index (κ3) is 5.20. The Morgan fingerprint density at radius 2 is 1.73 bits per heavy atom. The van der Waals surface area contributed by atoms with Crippen molar-refractivity contribution in [2.75, 3.05) is 0 Å². The van der Waals surface area contributed by atoms with Gasteiger partial charge in [0.2, 0.25) is 0 Å². The molecule has 0 aliphatic heterocycles. The van der Waals surface area contributed by atoms with Crippen LogP contribution >= 0.6 is 0 Å². The Kier molecular flexibility index (Phi) is 5.93. The summed E-state index contributed by atoms with van der Waals surface area (Å²) in [6.07, 6.45) is 7.77. The summed E-state index contributed by atoms with van der Waals surface area (Å²) in [6.45, 7) is 16.1. The maximum atomic E-state index is 2.35. The fraction of sp³-hybridized carbons (Fsp3) is 0.733. The number of allylic oxidation sites excluding steroid dienone is 4. The standard InChI is InChI=1S/C15H28/c1-8-9-10-11-12(2)13(3)14(4)15(5,6)7/h9-11,13-14H,8H2,1-7H3. The first-order chi connectivity index (χ1) is 6.80. The highest BCUT2D eigenvalue weighted by Gasteiger charge is 2.25. The van der Waals surface area contributed by atoms with Gasteiger partial charge in [0, 0.05) is 0 Å². The van der Waals surface area contributed by atoms with Crippen molar-refractivity contribution in [3.05, 3.63) is 23.8 Å². The van der Waals surface area contributed by atoms with Gasteiger partial charge in [0.25, 0.3) is 0 Å². The molecule has 0 rings (SSSR count). The van der Waals surface area contributed by atoms with E-state index in [1.807, 2.05) is 0 Å². The molecular weight excluding hydrogens is 180 g/mol. The van der Waals surface area contributed by atoms with E-state index < -0.39 is 0 Å². The molecule has 0 saturated heterocycles. The molecule has 2 unspecified atom stereocenters. The van der Waals surface area contributed by atoms with Gasteiger partial charge in [0.1, 0.15) is 0 Å². The largest absolute Gasteiger partial charge is 0.0848 e. The highest BCUT2D eigenvalue weighted by atomic mass is 14.3. The Morgan fingerprint density at radius 1 is 1.20 bits per heavy atom. The molecule has 0 aromatic heterocycles. The summed E-state index contributed by atoms with van der Waals surface area (Å²) in [5, 5.41) is 0. The molecule has 0 radical (unpaired) electrons. The SMILES string of the molecule is CCC=CC=C(C)C(C)C(C)C(C)(C)C. The van der Waals surface area contributed by atoms with Gasteiger partial charge < -0.3 is 0 Å². The lowest BCUT2D eigenvalue weighted by Gasteiger charge is -2.33. The minimum atomic E-state index is 0.392. The van der Waals surface area contributed by atoms with E-state index in [0.29, 0.717) is 17.3 Å². The molecule has 0 heteroatoms. The minimum absolute atomic E-state index is 0.392. The summed E-state index contributed by atoms with van der Waals surface area (Å²) < 4.78 is 0. The zero-order chi connectivity index (χ0) is 12.1. The molecule has 0 aliphatic carbocycles. The highest BCUT2D eigenvalue weighted by Crippen LogP contribution is 2.34. The van der Waals surface area contributed by atoms with Gasteiger partial charge in [0.15, 0.2) is 0 Å². The Labute approximate surface area is 96.5 Å². The average molecular weight is 208 g/mol. The quantitative estimate of drug-likeness (QED) is 0.556. The molecule has 0 amide bonds. The van der Waals surface area contributed by atoms with E-state index in [1.54, 1.807) is 0 Å². The summed E-state index contributed by atoms with van der Waals surface area (Å²) in [6, 6.07) is 0. The van der Waals surface area contributed by atoms with Gasteiger partial charge in [-0.2, -0.15) is 0 Å². The molecule has 0 heterocycles. The molecular formula is C15H28. The van der Waals surface area contributed by atoms with Gasteiger partial charge in [-0.3, -0.25) is 0 Å². The Bertz CT molecular complexity index is 225. The van der Waals surface area contributed by atoms with Crippen molar-refractivity contribution in [2.24, 2.45) is 17.3 Å². The molecule has 88 valence electrons. The molecule has 0 spiro atoms. The van der Waals surface area contributed by atoms with Gasteiger partial charge in [-0.15, -0.1) is 0 Å². The van der Waals surface area contributed by atoms with E-state index in [0.717, 1.165) is 6.42 Å². The molecule has 2 atom stereocenters. The van der Waals surface area contributed by atoms with Crippen molar-refractivity contribution >= 4 is 0 Å². The van der Waals surface area contributed by atoms with Gasteiger partial charge in [-0.05, 0) is 30.6 Å². The molecule has 0 nitrogen and oxygen atoms in total. The van der Waals surface area contributed by atoms with Gasteiger partial charge in [-0.25, -0.2) is 0 Å². The maximum absolute atomic E-state index is 2.35. The van der Waals surface area contributed by atoms with Crippen molar-refractivity contribution in [3.63, 3.8) is 0 Å². The molecule has 0 N–H and O–H groups in total. The smallest absolute Gasteiger partial charge is 0.0201 e. The number of rotatable bonds is 4. The molecule has 0 aromatic carbocycles. The van der Waals surface area contributed by atoms with Crippen LogP contribution in [0.15, 0.2) is 23.8 Å². The summed E-state index contributed by atoms with van der Waals surface area (Å²) >= 11 is 0. The van der Waals surface area contributed by atoms with Gasteiger partial charge in [0.05, 0.1) is 0 Å². The summed E-state index contributed by atoms with van der Waals surface area (Å²) in [4.78, 5) is 0. The van der Waals surface area contributed by atoms with E-state index in [4.69, 9.17) is 0 Å². The van der Waals surface area contributed by atoms with E-state index in [1.165, 1.54) is 5.57 Å². The third-order valence-corrected chi connectivity index (χ3v) is 3.57. The molecule has 0 aromatic rings. The van der Waals surface area contributed by atoms with Gasteiger partial charge >= 0.3 is 0 Å². The second-order valence-electron chi connectivity index (χ2n) is 5.69. The lowest BCUT2D eigenvalue weighted by atomic mass is 9.73. The lowest BCUT2D eigenvalue weighted by molar-refractivity contribution is 0.208. The van der Waals surface area contributed by atoms with Crippen LogP contribution < -0.4 is 0 Å². The molecule has 0 bridgehead atoms. The molecule has 0 saturated carbocycles. The first-order valence-corrected chi connectivity index (χ1v) is 6.14. The molecule has 0 fully saturated rings. The number of hydrogen-bond acceptors (Lipinski definition) is 0. The highest BCUT2D eigenvalue weighted by molar-refractivity contribution is 5.13. The first-order valence-electron chi connectivity index (χ1n) is 6.14. The monoisotopic (exact) mass is 208 g/mol. The fourth-order valence-corrected chi connectivity index (χ4v) is 1.65. The van der Waals surface area contributed by atoms with Crippen LogP contribution in [0.4, 0.5) is 0 Å². The predicted octanol–water partition coefficient (Wildman–Crippen LogP) is 5.22.